The zero-order valence-corrected chi connectivity index (χ0v) is 14.3. The van der Waals surface area contributed by atoms with E-state index in [1.807, 2.05) is 0 Å². The summed E-state index contributed by atoms with van der Waals surface area (Å²) in [6.07, 6.45) is 0.840. The SMILES string of the molecule is CCNc1nc(CC)nc(N(C)C(C)c2cccs2)c1C. The maximum absolute atomic E-state index is 4.74. The highest BCUT2D eigenvalue weighted by molar-refractivity contribution is 7.10. The van der Waals surface area contributed by atoms with Crippen molar-refractivity contribution in [3.8, 4) is 0 Å². The molecule has 0 aliphatic heterocycles. The molecular formula is C16H24N4S. The lowest BCUT2D eigenvalue weighted by atomic mass is 10.2. The number of rotatable bonds is 6. The van der Waals surface area contributed by atoms with Crippen molar-refractivity contribution < 1.29 is 0 Å². The Morgan fingerprint density at radius 1 is 1.33 bits per heavy atom. The van der Waals surface area contributed by atoms with E-state index >= 15 is 0 Å². The molecule has 0 amide bonds. The summed E-state index contributed by atoms with van der Waals surface area (Å²) in [6.45, 7) is 9.35. The van der Waals surface area contributed by atoms with E-state index in [0.717, 1.165) is 36.0 Å². The second-order valence-corrected chi connectivity index (χ2v) is 6.10. The van der Waals surface area contributed by atoms with Gasteiger partial charge in [-0.3, -0.25) is 0 Å². The lowest BCUT2D eigenvalue weighted by Crippen LogP contribution is -2.24. The van der Waals surface area contributed by atoms with Crippen LogP contribution in [0.25, 0.3) is 0 Å². The Bertz CT molecular complexity index is 580. The lowest BCUT2D eigenvalue weighted by molar-refractivity contribution is 0.730. The van der Waals surface area contributed by atoms with Crippen LogP contribution in [0, 0.1) is 6.92 Å². The van der Waals surface area contributed by atoms with Gasteiger partial charge in [-0.1, -0.05) is 13.0 Å². The summed E-state index contributed by atoms with van der Waals surface area (Å²) in [5.74, 6) is 2.85. The maximum atomic E-state index is 4.74. The molecule has 0 radical (unpaired) electrons. The Hall–Kier alpha value is -1.62. The largest absolute Gasteiger partial charge is 0.370 e. The van der Waals surface area contributed by atoms with Gasteiger partial charge in [0.1, 0.15) is 17.5 Å². The first-order valence-corrected chi connectivity index (χ1v) is 8.34. The monoisotopic (exact) mass is 304 g/mol. The highest BCUT2D eigenvalue weighted by Gasteiger charge is 2.19. The summed E-state index contributed by atoms with van der Waals surface area (Å²) < 4.78 is 0. The van der Waals surface area contributed by atoms with Gasteiger partial charge in [0.05, 0.1) is 6.04 Å². The van der Waals surface area contributed by atoms with Crippen molar-refractivity contribution in [3.63, 3.8) is 0 Å². The number of aryl methyl sites for hydroxylation is 1. The fraction of sp³-hybridized carbons (Fsp3) is 0.500. The van der Waals surface area contributed by atoms with Crippen LogP contribution in [0.5, 0.6) is 0 Å². The molecule has 2 aromatic rings. The number of hydrogen-bond acceptors (Lipinski definition) is 5. The second kappa shape index (κ2) is 6.89. The minimum absolute atomic E-state index is 0.304. The molecule has 1 N–H and O–H groups in total. The predicted molar refractivity (Wildman–Crippen MR) is 91.4 cm³/mol. The third kappa shape index (κ3) is 3.35. The molecule has 0 aliphatic rings. The molecule has 2 aromatic heterocycles. The van der Waals surface area contributed by atoms with Crippen LogP contribution in [-0.2, 0) is 6.42 Å². The lowest BCUT2D eigenvalue weighted by Gasteiger charge is -2.27. The fourth-order valence-corrected chi connectivity index (χ4v) is 3.12. The van der Waals surface area contributed by atoms with E-state index in [1.54, 1.807) is 11.3 Å². The van der Waals surface area contributed by atoms with Crippen molar-refractivity contribution in [2.75, 3.05) is 23.8 Å². The summed E-state index contributed by atoms with van der Waals surface area (Å²) in [5, 5.41) is 5.46. The zero-order valence-electron chi connectivity index (χ0n) is 13.5. The average Bonchev–Trinajstić information content (AvgIpc) is 3.02. The zero-order chi connectivity index (χ0) is 15.4. The first-order chi connectivity index (χ1) is 10.1. The molecule has 114 valence electrons. The third-order valence-corrected chi connectivity index (χ3v) is 4.74. The molecule has 2 heterocycles. The Labute approximate surface area is 131 Å². The van der Waals surface area contributed by atoms with E-state index in [0.29, 0.717) is 6.04 Å². The highest BCUT2D eigenvalue weighted by Crippen LogP contribution is 2.31. The molecule has 2 rings (SSSR count). The van der Waals surface area contributed by atoms with Gasteiger partial charge in [-0.05, 0) is 32.2 Å². The van der Waals surface area contributed by atoms with Crippen molar-refractivity contribution in [2.24, 2.45) is 0 Å². The highest BCUT2D eigenvalue weighted by atomic mass is 32.1. The molecule has 5 heteroatoms. The number of anilines is 2. The smallest absolute Gasteiger partial charge is 0.137 e. The van der Waals surface area contributed by atoms with Gasteiger partial charge in [-0.2, -0.15) is 0 Å². The molecule has 0 spiro atoms. The van der Waals surface area contributed by atoms with Crippen molar-refractivity contribution in [3.05, 3.63) is 33.8 Å². The van der Waals surface area contributed by atoms with Gasteiger partial charge >= 0.3 is 0 Å². The Balaban J connectivity index is 2.39. The Morgan fingerprint density at radius 3 is 2.67 bits per heavy atom. The van der Waals surface area contributed by atoms with Gasteiger partial charge in [0.15, 0.2) is 0 Å². The summed E-state index contributed by atoms with van der Waals surface area (Å²) in [4.78, 5) is 12.9. The first kappa shape index (κ1) is 15.8. The van der Waals surface area contributed by atoms with Crippen LogP contribution in [0.3, 0.4) is 0 Å². The van der Waals surface area contributed by atoms with Crippen molar-refractivity contribution in [1.82, 2.24) is 9.97 Å². The molecular weight excluding hydrogens is 280 g/mol. The van der Waals surface area contributed by atoms with E-state index in [9.17, 15) is 0 Å². The topological polar surface area (TPSA) is 41.1 Å². The number of nitrogens with zero attached hydrogens (tertiary/aromatic N) is 3. The van der Waals surface area contributed by atoms with E-state index < -0.39 is 0 Å². The minimum atomic E-state index is 0.304. The first-order valence-electron chi connectivity index (χ1n) is 7.46. The summed E-state index contributed by atoms with van der Waals surface area (Å²) in [7, 11) is 2.11. The Kier molecular flexibility index (Phi) is 5.17. The quantitative estimate of drug-likeness (QED) is 0.874. The summed E-state index contributed by atoms with van der Waals surface area (Å²) in [6, 6.07) is 4.57. The fourth-order valence-electron chi connectivity index (χ4n) is 2.29. The van der Waals surface area contributed by atoms with Crippen molar-refractivity contribution >= 4 is 23.0 Å². The number of nitrogens with one attached hydrogen (secondary N) is 1. The molecule has 0 fully saturated rings. The molecule has 0 saturated carbocycles. The molecule has 1 unspecified atom stereocenters. The Morgan fingerprint density at radius 2 is 2.10 bits per heavy atom. The van der Waals surface area contributed by atoms with Crippen LogP contribution in [-0.4, -0.2) is 23.6 Å². The van der Waals surface area contributed by atoms with Gasteiger partial charge < -0.3 is 10.2 Å². The second-order valence-electron chi connectivity index (χ2n) is 5.12. The van der Waals surface area contributed by atoms with E-state index in [2.05, 4.69) is 67.5 Å². The van der Waals surface area contributed by atoms with Gasteiger partial charge in [0.2, 0.25) is 0 Å². The molecule has 0 aliphatic carbocycles. The standard InChI is InChI=1S/C16H24N4S/c1-6-14-18-15(17-7-2)11(3)16(19-14)20(5)12(4)13-9-8-10-21-13/h8-10,12H,6-7H2,1-5H3,(H,17,18,19). The molecule has 1 atom stereocenters. The summed E-state index contributed by atoms with van der Waals surface area (Å²) in [5.41, 5.74) is 1.11. The number of aromatic nitrogens is 2. The van der Waals surface area contributed by atoms with Crippen LogP contribution in [0.2, 0.25) is 0 Å². The normalized spacial score (nSPS) is 12.2. The third-order valence-electron chi connectivity index (χ3n) is 3.70. The molecule has 4 nitrogen and oxygen atoms in total. The average molecular weight is 304 g/mol. The van der Waals surface area contributed by atoms with Gasteiger partial charge in [0.25, 0.3) is 0 Å². The van der Waals surface area contributed by atoms with Crippen LogP contribution in [0.15, 0.2) is 17.5 Å². The van der Waals surface area contributed by atoms with E-state index in [4.69, 9.17) is 4.98 Å². The van der Waals surface area contributed by atoms with Crippen LogP contribution in [0.1, 0.15) is 43.1 Å². The maximum Gasteiger partial charge on any atom is 0.137 e. The van der Waals surface area contributed by atoms with E-state index in [-0.39, 0.29) is 0 Å². The van der Waals surface area contributed by atoms with Crippen molar-refractivity contribution in [2.45, 2.75) is 40.2 Å². The number of hydrogen-bond donors (Lipinski definition) is 1. The minimum Gasteiger partial charge on any atom is -0.370 e. The van der Waals surface area contributed by atoms with E-state index in [1.165, 1.54) is 4.88 Å². The van der Waals surface area contributed by atoms with Crippen LogP contribution < -0.4 is 10.2 Å². The van der Waals surface area contributed by atoms with Gasteiger partial charge in [-0.15, -0.1) is 11.3 Å². The number of thiophene rings is 1. The molecule has 21 heavy (non-hydrogen) atoms. The summed E-state index contributed by atoms with van der Waals surface area (Å²) >= 11 is 1.78. The van der Waals surface area contributed by atoms with Crippen LogP contribution in [0.4, 0.5) is 11.6 Å². The van der Waals surface area contributed by atoms with Crippen LogP contribution >= 0.6 is 11.3 Å². The van der Waals surface area contributed by atoms with Gasteiger partial charge in [-0.25, -0.2) is 9.97 Å². The predicted octanol–water partition coefficient (Wildman–Crippen LogP) is 4.04. The molecule has 0 bridgehead atoms. The van der Waals surface area contributed by atoms with Gasteiger partial charge in [0, 0.05) is 30.5 Å². The molecule has 0 aromatic carbocycles. The molecule has 0 saturated heterocycles. The van der Waals surface area contributed by atoms with Crippen molar-refractivity contribution in [1.29, 1.82) is 0 Å².